The maximum absolute atomic E-state index is 13.6. The third-order valence-corrected chi connectivity index (χ3v) is 7.54. The van der Waals surface area contributed by atoms with E-state index in [1.54, 1.807) is 18.3 Å². The molecule has 1 N–H and O–H groups in total. The minimum absolute atomic E-state index is 0.356. The molecule has 0 unspecified atom stereocenters. The van der Waals surface area contributed by atoms with E-state index >= 15 is 0 Å². The fourth-order valence-electron chi connectivity index (χ4n) is 3.98. The van der Waals surface area contributed by atoms with Crippen LogP contribution in [0.1, 0.15) is 36.0 Å². The molecule has 1 saturated heterocycles. The Morgan fingerprint density at radius 1 is 0.893 bits per heavy atom. The van der Waals surface area contributed by atoms with E-state index in [2.05, 4.69) is 22.0 Å². The van der Waals surface area contributed by atoms with Gasteiger partial charge in [-0.1, -0.05) is 12.1 Å². The first-order valence-corrected chi connectivity index (χ1v) is 11.4. The summed E-state index contributed by atoms with van der Waals surface area (Å²) < 4.78 is 27.3. The number of hydrogen-bond acceptors (Lipinski definition) is 3. The van der Waals surface area contributed by atoms with Gasteiger partial charge in [0.15, 0.2) is 11.1 Å². The largest absolute Gasteiger partial charge is 0.370 e. The first-order valence-electron chi connectivity index (χ1n) is 9.90. The summed E-state index contributed by atoms with van der Waals surface area (Å²) in [6, 6.07) is 11.6. The molecule has 0 atom stereocenters. The van der Waals surface area contributed by atoms with Gasteiger partial charge in [-0.25, -0.2) is 13.4 Å². The zero-order valence-electron chi connectivity index (χ0n) is 16.7. The van der Waals surface area contributed by atoms with Gasteiger partial charge >= 0.3 is 0 Å². The number of fused-ring (bicyclic) bond motifs is 1. The van der Waals surface area contributed by atoms with Crippen LogP contribution in [0.5, 0.6) is 0 Å². The van der Waals surface area contributed by atoms with Crippen LogP contribution < -0.4 is 9.88 Å². The Kier molecular flexibility index (Phi) is 4.88. The maximum Gasteiger partial charge on any atom is 0.214 e. The number of piperidine rings is 1. The zero-order chi connectivity index (χ0) is 19.9. The normalized spacial score (nSPS) is 15.2. The third-order valence-electron chi connectivity index (χ3n) is 5.77. The summed E-state index contributed by atoms with van der Waals surface area (Å²) in [5.41, 5.74) is 5.01. The highest BCUT2D eigenvalue weighted by molar-refractivity contribution is 7.91. The Hall–Kier alpha value is -2.40. The minimum Gasteiger partial charge on any atom is -0.370 e. The van der Waals surface area contributed by atoms with Gasteiger partial charge < -0.3 is 4.90 Å². The average Bonchev–Trinajstić information content (AvgIpc) is 2.69. The number of anilines is 1. The SMILES string of the molecule is Cc1ccc2[nH+]cc(S(=O)(=O)c3ccc(C)c(C)c3)c(N3CCCCC3)c2c1. The van der Waals surface area contributed by atoms with E-state index in [-0.39, 0.29) is 0 Å². The van der Waals surface area contributed by atoms with Crippen molar-refractivity contribution in [3.05, 3.63) is 59.3 Å². The molecule has 4 rings (SSSR count). The fourth-order valence-corrected chi connectivity index (χ4v) is 5.52. The van der Waals surface area contributed by atoms with Crippen molar-refractivity contribution in [1.29, 1.82) is 0 Å². The molecule has 1 aliphatic heterocycles. The van der Waals surface area contributed by atoms with Crippen LogP contribution in [0, 0.1) is 20.8 Å². The van der Waals surface area contributed by atoms with Gasteiger partial charge in [0, 0.05) is 19.2 Å². The van der Waals surface area contributed by atoms with Crippen LogP contribution in [-0.2, 0) is 9.84 Å². The Morgan fingerprint density at radius 2 is 1.64 bits per heavy atom. The monoisotopic (exact) mass is 395 g/mol. The predicted octanol–water partition coefficient (Wildman–Crippen LogP) is 4.40. The number of nitrogens with one attached hydrogen (secondary N) is 1. The number of benzene rings is 2. The lowest BCUT2D eigenvalue weighted by Crippen LogP contribution is -2.31. The zero-order valence-corrected chi connectivity index (χ0v) is 17.6. The molecule has 1 aliphatic rings. The molecule has 0 spiro atoms. The smallest absolute Gasteiger partial charge is 0.214 e. The van der Waals surface area contributed by atoms with E-state index < -0.39 is 9.84 Å². The third kappa shape index (κ3) is 3.28. The first kappa shape index (κ1) is 18.9. The van der Waals surface area contributed by atoms with Crippen LogP contribution in [0.2, 0.25) is 0 Å². The highest BCUT2D eigenvalue weighted by Gasteiger charge is 2.30. The number of rotatable bonds is 3. The molecule has 28 heavy (non-hydrogen) atoms. The van der Waals surface area contributed by atoms with Crippen molar-refractivity contribution in [2.45, 2.75) is 49.8 Å². The first-order chi connectivity index (χ1) is 13.4. The fraction of sp³-hybridized carbons (Fsp3) is 0.348. The second-order valence-electron chi connectivity index (χ2n) is 7.85. The van der Waals surface area contributed by atoms with Crippen molar-refractivity contribution in [3.8, 4) is 0 Å². The van der Waals surface area contributed by atoms with Gasteiger partial charge in [-0.3, -0.25) is 0 Å². The lowest BCUT2D eigenvalue weighted by atomic mass is 10.1. The molecule has 3 aromatic rings. The van der Waals surface area contributed by atoms with E-state index in [1.165, 1.54) is 6.42 Å². The number of H-pyrrole nitrogens is 1. The molecule has 0 bridgehead atoms. The molecule has 0 saturated carbocycles. The summed E-state index contributed by atoms with van der Waals surface area (Å²) in [7, 11) is -3.64. The molecule has 4 nitrogen and oxygen atoms in total. The highest BCUT2D eigenvalue weighted by atomic mass is 32.2. The van der Waals surface area contributed by atoms with Gasteiger partial charge in [-0.2, -0.15) is 0 Å². The number of aryl methyl sites for hydroxylation is 3. The van der Waals surface area contributed by atoms with Crippen molar-refractivity contribution in [1.82, 2.24) is 0 Å². The van der Waals surface area contributed by atoms with Crippen LogP contribution >= 0.6 is 0 Å². The van der Waals surface area contributed by atoms with Gasteiger partial charge in [-0.15, -0.1) is 0 Å². The van der Waals surface area contributed by atoms with Crippen LogP contribution in [-0.4, -0.2) is 21.5 Å². The molecule has 1 aromatic heterocycles. The highest BCUT2D eigenvalue weighted by Crippen LogP contribution is 2.36. The molecular weight excluding hydrogens is 368 g/mol. The van der Waals surface area contributed by atoms with Gasteiger partial charge in [-0.05, 0) is 74.9 Å². The quantitative estimate of drug-likeness (QED) is 0.660. The molecule has 2 aromatic carbocycles. The summed E-state index contributed by atoms with van der Waals surface area (Å²) in [5.74, 6) is 0. The standard InChI is InChI=1S/C23H26N2O2S/c1-16-7-10-21-20(13-16)23(25-11-5-4-6-12-25)22(15-24-21)28(26,27)19-9-8-17(2)18(3)14-19/h7-10,13-15H,4-6,11-12H2,1-3H3/p+1. The molecule has 0 amide bonds. The summed E-state index contributed by atoms with van der Waals surface area (Å²) in [5, 5.41) is 0.979. The van der Waals surface area contributed by atoms with Crippen molar-refractivity contribution in [2.75, 3.05) is 18.0 Å². The van der Waals surface area contributed by atoms with Gasteiger partial charge in [0.2, 0.25) is 15.4 Å². The van der Waals surface area contributed by atoms with E-state index in [0.717, 1.165) is 59.2 Å². The Morgan fingerprint density at radius 3 is 2.36 bits per heavy atom. The number of aromatic nitrogens is 1. The van der Waals surface area contributed by atoms with Crippen LogP contribution in [0.15, 0.2) is 52.4 Å². The van der Waals surface area contributed by atoms with Crippen molar-refractivity contribution in [2.24, 2.45) is 0 Å². The molecule has 146 valence electrons. The summed E-state index contributed by atoms with van der Waals surface area (Å²) in [4.78, 5) is 6.21. The van der Waals surface area contributed by atoms with Crippen LogP contribution in [0.3, 0.4) is 0 Å². The van der Waals surface area contributed by atoms with Crippen LogP contribution in [0.25, 0.3) is 10.9 Å². The molecular formula is C23H27N2O2S+. The average molecular weight is 396 g/mol. The van der Waals surface area contributed by atoms with Crippen LogP contribution in [0.4, 0.5) is 5.69 Å². The van der Waals surface area contributed by atoms with E-state index in [4.69, 9.17) is 0 Å². The lowest BCUT2D eigenvalue weighted by Gasteiger charge is -2.30. The Balaban J connectivity index is 1.98. The molecule has 5 heteroatoms. The van der Waals surface area contributed by atoms with Gasteiger partial charge in [0.25, 0.3) is 0 Å². The second kappa shape index (κ2) is 7.21. The molecule has 2 heterocycles. The van der Waals surface area contributed by atoms with Crippen molar-refractivity contribution < 1.29 is 13.4 Å². The minimum atomic E-state index is -3.64. The summed E-state index contributed by atoms with van der Waals surface area (Å²) in [6.45, 7) is 7.78. The molecule has 0 radical (unpaired) electrons. The Labute approximate surface area is 167 Å². The number of hydrogen-bond donors (Lipinski definition) is 0. The van der Waals surface area contributed by atoms with E-state index in [0.29, 0.717) is 9.79 Å². The van der Waals surface area contributed by atoms with E-state index in [1.807, 2.05) is 32.9 Å². The number of nitrogens with zero attached hydrogens (tertiary/aromatic N) is 1. The number of pyridine rings is 1. The molecule has 1 fully saturated rings. The second-order valence-corrected chi connectivity index (χ2v) is 9.77. The summed E-state index contributed by atoms with van der Waals surface area (Å²) in [6.07, 6.45) is 5.06. The van der Waals surface area contributed by atoms with Crippen molar-refractivity contribution in [3.63, 3.8) is 0 Å². The summed E-state index contributed by atoms with van der Waals surface area (Å²) >= 11 is 0. The predicted molar refractivity (Wildman–Crippen MR) is 113 cm³/mol. The van der Waals surface area contributed by atoms with Crippen molar-refractivity contribution >= 4 is 26.4 Å². The molecule has 0 aliphatic carbocycles. The van der Waals surface area contributed by atoms with E-state index in [9.17, 15) is 8.42 Å². The Bertz CT molecular complexity index is 1150. The number of aromatic amines is 1. The van der Waals surface area contributed by atoms with Gasteiger partial charge in [0.05, 0.1) is 16.0 Å². The van der Waals surface area contributed by atoms with Gasteiger partial charge in [0.1, 0.15) is 0 Å². The topological polar surface area (TPSA) is 51.5 Å². The maximum atomic E-state index is 13.6. The lowest BCUT2D eigenvalue weighted by molar-refractivity contribution is -0.347. The number of sulfone groups is 1.